The molecule has 0 aromatic heterocycles. The minimum Gasteiger partial charge on any atom is -0.396 e. The van der Waals surface area contributed by atoms with Crippen LogP contribution in [0.4, 0.5) is 0 Å². The van der Waals surface area contributed by atoms with Crippen molar-refractivity contribution in [3.8, 4) is 6.07 Å². The van der Waals surface area contributed by atoms with Crippen LogP contribution in [0.5, 0.6) is 0 Å². The molecule has 1 aliphatic carbocycles. The van der Waals surface area contributed by atoms with Gasteiger partial charge in [0.1, 0.15) is 0 Å². The van der Waals surface area contributed by atoms with Crippen molar-refractivity contribution in [3.63, 3.8) is 0 Å². The summed E-state index contributed by atoms with van der Waals surface area (Å²) in [7, 11) is 0. The molecule has 1 saturated carbocycles. The Hall–Kier alpha value is -0.590. The molecule has 3 heteroatoms. The van der Waals surface area contributed by atoms with Crippen LogP contribution in [0.15, 0.2) is 0 Å². The highest BCUT2D eigenvalue weighted by Gasteiger charge is 2.30. The summed E-state index contributed by atoms with van der Waals surface area (Å²) in [4.78, 5) is 0. The molecule has 0 aromatic carbocycles. The second-order valence-corrected chi connectivity index (χ2v) is 5.01. The van der Waals surface area contributed by atoms with E-state index in [4.69, 9.17) is 5.26 Å². The van der Waals surface area contributed by atoms with E-state index in [1.54, 1.807) is 0 Å². The first kappa shape index (κ1) is 13.5. The molecule has 0 bridgehead atoms. The molecule has 0 amide bonds. The minimum absolute atomic E-state index is 0.146. The third kappa shape index (κ3) is 4.51. The molecule has 1 rings (SSSR count). The molecule has 0 saturated heterocycles. The monoisotopic (exact) mass is 224 g/mol. The van der Waals surface area contributed by atoms with Crippen molar-refractivity contribution in [1.29, 1.82) is 5.26 Å². The minimum atomic E-state index is 0.146. The van der Waals surface area contributed by atoms with Crippen molar-refractivity contribution in [2.75, 3.05) is 19.7 Å². The van der Waals surface area contributed by atoms with E-state index < -0.39 is 0 Å². The van der Waals surface area contributed by atoms with Gasteiger partial charge >= 0.3 is 0 Å². The average molecular weight is 224 g/mol. The van der Waals surface area contributed by atoms with E-state index in [9.17, 15) is 5.11 Å². The quantitative estimate of drug-likeness (QED) is 0.652. The summed E-state index contributed by atoms with van der Waals surface area (Å²) in [5.74, 6) is 0. The zero-order valence-electron chi connectivity index (χ0n) is 10.2. The van der Waals surface area contributed by atoms with Gasteiger partial charge in [-0.2, -0.15) is 5.26 Å². The van der Waals surface area contributed by atoms with Gasteiger partial charge in [-0.1, -0.05) is 19.3 Å². The number of aliphatic hydroxyl groups is 1. The van der Waals surface area contributed by atoms with Gasteiger partial charge in [-0.3, -0.25) is 0 Å². The molecule has 0 aromatic rings. The first-order valence-corrected chi connectivity index (χ1v) is 6.51. The topological polar surface area (TPSA) is 56.0 Å². The Kier molecular flexibility index (Phi) is 6.44. The van der Waals surface area contributed by atoms with Gasteiger partial charge in [0.25, 0.3) is 0 Å². The van der Waals surface area contributed by atoms with E-state index in [0.717, 1.165) is 38.8 Å². The molecule has 1 fully saturated rings. The highest BCUT2D eigenvalue weighted by atomic mass is 16.3. The molecule has 2 N–H and O–H groups in total. The fourth-order valence-electron chi connectivity index (χ4n) is 2.50. The first-order valence-electron chi connectivity index (χ1n) is 6.51. The number of nitrogens with zero attached hydrogens (tertiary/aromatic N) is 1. The predicted octanol–water partition coefficient (Wildman–Crippen LogP) is 2.21. The van der Waals surface area contributed by atoms with E-state index >= 15 is 0 Å². The van der Waals surface area contributed by atoms with Gasteiger partial charge in [0.2, 0.25) is 0 Å². The third-order valence-corrected chi connectivity index (χ3v) is 3.64. The van der Waals surface area contributed by atoms with E-state index in [0.29, 0.717) is 13.0 Å². The molecule has 0 atom stereocenters. The van der Waals surface area contributed by atoms with Gasteiger partial charge in [-0.25, -0.2) is 0 Å². The molecule has 3 nitrogen and oxygen atoms in total. The highest BCUT2D eigenvalue weighted by Crippen LogP contribution is 2.35. The van der Waals surface area contributed by atoms with Crippen molar-refractivity contribution in [1.82, 2.24) is 5.32 Å². The van der Waals surface area contributed by atoms with Crippen LogP contribution in [0, 0.1) is 16.7 Å². The Morgan fingerprint density at radius 3 is 2.56 bits per heavy atom. The number of hydrogen-bond donors (Lipinski definition) is 2. The Morgan fingerprint density at radius 1 is 1.19 bits per heavy atom. The summed E-state index contributed by atoms with van der Waals surface area (Å²) in [6, 6.07) is 2.16. The van der Waals surface area contributed by atoms with E-state index in [2.05, 4.69) is 11.4 Å². The molecule has 92 valence electrons. The summed E-state index contributed by atoms with van der Waals surface area (Å²) in [6.07, 6.45) is 8.87. The molecular weight excluding hydrogens is 200 g/mol. The van der Waals surface area contributed by atoms with Gasteiger partial charge in [0, 0.05) is 25.0 Å². The first-order chi connectivity index (χ1) is 7.83. The second kappa shape index (κ2) is 7.65. The standard InChI is InChI=1S/C13H24N2O/c14-9-5-2-6-10-15-11-13(12-16)7-3-1-4-8-13/h15-16H,1-8,10-12H2. The molecule has 16 heavy (non-hydrogen) atoms. The number of aliphatic hydroxyl groups excluding tert-OH is 1. The van der Waals surface area contributed by atoms with Crippen LogP contribution in [0.2, 0.25) is 0 Å². The Labute approximate surface area is 98.8 Å². The maximum atomic E-state index is 9.50. The lowest BCUT2D eigenvalue weighted by Crippen LogP contribution is -2.39. The molecule has 0 aliphatic heterocycles. The zero-order valence-corrected chi connectivity index (χ0v) is 10.2. The van der Waals surface area contributed by atoms with E-state index in [-0.39, 0.29) is 5.41 Å². The van der Waals surface area contributed by atoms with Crippen molar-refractivity contribution < 1.29 is 5.11 Å². The van der Waals surface area contributed by atoms with Crippen LogP contribution < -0.4 is 5.32 Å². The fraction of sp³-hybridized carbons (Fsp3) is 0.923. The number of nitriles is 1. The summed E-state index contributed by atoms with van der Waals surface area (Å²) in [5, 5.41) is 21.3. The SMILES string of the molecule is N#CCCCCNCC1(CO)CCCCC1. The predicted molar refractivity (Wildman–Crippen MR) is 64.9 cm³/mol. The normalized spacial score (nSPS) is 19.2. The molecule has 1 aliphatic rings. The number of unbranched alkanes of at least 4 members (excludes halogenated alkanes) is 2. The molecule has 0 radical (unpaired) electrons. The fourth-order valence-corrected chi connectivity index (χ4v) is 2.50. The molecular formula is C13H24N2O. The third-order valence-electron chi connectivity index (χ3n) is 3.64. The van der Waals surface area contributed by atoms with Crippen LogP contribution in [0.3, 0.4) is 0 Å². The summed E-state index contributed by atoms with van der Waals surface area (Å²) in [6.45, 7) is 2.23. The molecule has 0 unspecified atom stereocenters. The number of nitrogens with one attached hydrogen (secondary N) is 1. The summed E-state index contributed by atoms with van der Waals surface area (Å²) >= 11 is 0. The van der Waals surface area contributed by atoms with E-state index in [1.807, 2.05) is 0 Å². The second-order valence-electron chi connectivity index (χ2n) is 5.01. The Balaban J connectivity index is 2.11. The maximum Gasteiger partial charge on any atom is 0.0621 e. The van der Waals surface area contributed by atoms with Crippen molar-refractivity contribution in [2.24, 2.45) is 5.41 Å². The van der Waals surface area contributed by atoms with Crippen LogP contribution >= 0.6 is 0 Å². The van der Waals surface area contributed by atoms with Crippen molar-refractivity contribution >= 4 is 0 Å². The molecule has 0 spiro atoms. The van der Waals surface area contributed by atoms with Crippen LogP contribution in [0.25, 0.3) is 0 Å². The smallest absolute Gasteiger partial charge is 0.0621 e. The van der Waals surface area contributed by atoms with Crippen LogP contribution in [0.1, 0.15) is 51.4 Å². The van der Waals surface area contributed by atoms with Crippen LogP contribution in [-0.2, 0) is 0 Å². The zero-order chi connectivity index (χ0) is 11.7. The lowest BCUT2D eigenvalue weighted by atomic mass is 9.74. The highest BCUT2D eigenvalue weighted by molar-refractivity contribution is 4.84. The van der Waals surface area contributed by atoms with Gasteiger partial charge in [-0.15, -0.1) is 0 Å². The molecule has 0 heterocycles. The summed E-state index contributed by atoms with van der Waals surface area (Å²) < 4.78 is 0. The Bertz CT molecular complexity index is 216. The number of rotatable bonds is 7. The summed E-state index contributed by atoms with van der Waals surface area (Å²) in [5.41, 5.74) is 0.146. The van der Waals surface area contributed by atoms with Gasteiger partial charge in [-0.05, 0) is 32.2 Å². The largest absolute Gasteiger partial charge is 0.396 e. The van der Waals surface area contributed by atoms with Crippen LogP contribution in [-0.4, -0.2) is 24.8 Å². The lowest BCUT2D eigenvalue weighted by molar-refractivity contribution is 0.0814. The van der Waals surface area contributed by atoms with E-state index in [1.165, 1.54) is 19.3 Å². The maximum absolute atomic E-state index is 9.50. The van der Waals surface area contributed by atoms with Gasteiger partial charge in [0.05, 0.1) is 6.07 Å². The Morgan fingerprint density at radius 2 is 1.94 bits per heavy atom. The number of hydrogen-bond acceptors (Lipinski definition) is 3. The van der Waals surface area contributed by atoms with Gasteiger partial charge in [0.15, 0.2) is 0 Å². The van der Waals surface area contributed by atoms with Gasteiger partial charge < -0.3 is 10.4 Å². The van der Waals surface area contributed by atoms with Crippen molar-refractivity contribution in [3.05, 3.63) is 0 Å². The lowest BCUT2D eigenvalue weighted by Gasteiger charge is -2.35. The average Bonchev–Trinajstić information content (AvgIpc) is 2.35. The van der Waals surface area contributed by atoms with Crippen molar-refractivity contribution in [2.45, 2.75) is 51.4 Å².